The number of hydrogen-bond acceptors (Lipinski definition) is 4. The van der Waals surface area contributed by atoms with Crippen molar-refractivity contribution in [2.45, 2.75) is 19.5 Å². The van der Waals surface area contributed by atoms with E-state index in [4.69, 9.17) is 21.1 Å². The summed E-state index contributed by atoms with van der Waals surface area (Å²) in [6.07, 6.45) is 1.72. The first kappa shape index (κ1) is 18.6. The number of rotatable bonds is 5. The average molecular weight is 397 g/mol. The molecule has 0 amide bonds. The summed E-state index contributed by atoms with van der Waals surface area (Å²) in [6, 6.07) is 15.4. The van der Waals surface area contributed by atoms with Crippen LogP contribution in [0, 0.1) is 0 Å². The molecule has 1 atom stereocenters. The Balaban J connectivity index is 1.49. The molecule has 2 aromatic carbocycles. The van der Waals surface area contributed by atoms with Crippen LogP contribution >= 0.6 is 11.6 Å². The molecule has 0 radical (unpaired) electrons. The average Bonchev–Trinajstić information content (AvgIpc) is 2.73. The van der Waals surface area contributed by atoms with Gasteiger partial charge in [-0.1, -0.05) is 29.8 Å². The fourth-order valence-corrected chi connectivity index (χ4v) is 3.31. The van der Waals surface area contributed by atoms with E-state index in [2.05, 4.69) is 17.2 Å². The SMILES string of the molecule is CC(NCc1cc(-c2ccc(Cl)cc2)c[nH]c1=O)c1ccc2c(c1)OCCO2. The summed E-state index contributed by atoms with van der Waals surface area (Å²) in [4.78, 5) is 15.1. The lowest BCUT2D eigenvalue weighted by atomic mass is 10.0. The van der Waals surface area contributed by atoms with E-state index in [1.54, 1.807) is 6.20 Å². The highest BCUT2D eigenvalue weighted by Gasteiger charge is 2.15. The van der Waals surface area contributed by atoms with Crippen LogP contribution in [0.1, 0.15) is 24.1 Å². The molecular formula is C22H21ClN2O3. The Morgan fingerprint density at radius 2 is 1.79 bits per heavy atom. The van der Waals surface area contributed by atoms with Crippen molar-refractivity contribution in [2.75, 3.05) is 13.2 Å². The molecule has 0 bridgehead atoms. The predicted octanol–water partition coefficient (Wildman–Crippen LogP) is 4.32. The van der Waals surface area contributed by atoms with Gasteiger partial charge in [0.05, 0.1) is 0 Å². The normalized spacial score (nSPS) is 13.9. The van der Waals surface area contributed by atoms with E-state index in [1.807, 2.05) is 48.5 Å². The third-order valence-electron chi connectivity index (χ3n) is 4.82. The van der Waals surface area contributed by atoms with E-state index in [9.17, 15) is 4.79 Å². The van der Waals surface area contributed by atoms with Crippen LogP contribution in [0.4, 0.5) is 0 Å². The molecule has 1 aromatic heterocycles. The Kier molecular flexibility index (Phi) is 5.37. The number of H-pyrrole nitrogens is 1. The van der Waals surface area contributed by atoms with Gasteiger partial charge in [0, 0.05) is 29.4 Å². The van der Waals surface area contributed by atoms with Crippen LogP contribution < -0.4 is 20.3 Å². The van der Waals surface area contributed by atoms with Crippen LogP contribution in [0.5, 0.6) is 11.5 Å². The number of aromatic amines is 1. The first-order valence-electron chi connectivity index (χ1n) is 9.20. The number of aromatic nitrogens is 1. The van der Waals surface area contributed by atoms with Crippen LogP contribution in [0.2, 0.25) is 5.02 Å². The van der Waals surface area contributed by atoms with Gasteiger partial charge in [-0.2, -0.15) is 0 Å². The molecule has 0 fully saturated rings. The van der Waals surface area contributed by atoms with Crippen molar-refractivity contribution in [3.8, 4) is 22.6 Å². The Hall–Kier alpha value is -2.76. The van der Waals surface area contributed by atoms with E-state index in [0.717, 1.165) is 28.2 Å². The lowest BCUT2D eigenvalue weighted by Gasteiger charge is -2.21. The second kappa shape index (κ2) is 8.09. The number of ether oxygens (including phenoxy) is 2. The number of fused-ring (bicyclic) bond motifs is 1. The highest BCUT2D eigenvalue weighted by atomic mass is 35.5. The molecule has 4 rings (SSSR count). The second-order valence-electron chi connectivity index (χ2n) is 6.76. The molecule has 0 saturated carbocycles. The molecule has 0 aliphatic carbocycles. The van der Waals surface area contributed by atoms with E-state index >= 15 is 0 Å². The maximum absolute atomic E-state index is 12.2. The minimum Gasteiger partial charge on any atom is -0.486 e. The van der Waals surface area contributed by atoms with Gasteiger partial charge in [-0.15, -0.1) is 0 Å². The quantitative estimate of drug-likeness (QED) is 0.674. The van der Waals surface area contributed by atoms with Crippen molar-refractivity contribution in [1.82, 2.24) is 10.3 Å². The third kappa shape index (κ3) is 4.06. The van der Waals surface area contributed by atoms with Crippen LogP contribution in [-0.4, -0.2) is 18.2 Å². The lowest BCUT2D eigenvalue weighted by molar-refractivity contribution is 0.171. The highest BCUT2D eigenvalue weighted by Crippen LogP contribution is 2.32. The van der Waals surface area contributed by atoms with E-state index < -0.39 is 0 Å². The maximum Gasteiger partial charge on any atom is 0.252 e. The van der Waals surface area contributed by atoms with E-state index in [-0.39, 0.29) is 11.6 Å². The summed E-state index contributed by atoms with van der Waals surface area (Å²) in [5.74, 6) is 1.54. The van der Waals surface area contributed by atoms with Gasteiger partial charge >= 0.3 is 0 Å². The third-order valence-corrected chi connectivity index (χ3v) is 5.07. The first-order valence-corrected chi connectivity index (χ1v) is 9.58. The second-order valence-corrected chi connectivity index (χ2v) is 7.19. The summed E-state index contributed by atoms with van der Waals surface area (Å²) >= 11 is 5.96. The minimum absolute atomic E-state index is 0.0504. The van der Waals surface area contributed by atoms with Gasteiger partial charge in [0.1, 0.15) is 13.2 Å². The molecule has 1 aliphatic heterocycles. The Morgan fingerprint density at radius 1 is 1.04 bits per heavy atom. The van der Waals surface area contributed by atoms with Gasteiger partial charge in [-0.3, -0.25) is 4.79 Å². The molecule has 1 aliphatic rings. The molecule has 1 unspecified atom stereocenters. The molecule has 5 nitrogen and oxygen atoms in total. The van der Waals surface area contributed by atoms with Crippen LogP contribution in [0.3, 0.4) is 0 Å². The number of hydrogen-bond donors (Lipinski definition) is 2. The van der Waals surface area contributed by atoms with Gasteiger partial charge in [0.2, 0.25) is 0 Å². The zero-order valence-electron chi connectivity index (χ0n) is 15.5. The number of nitrogens with one attached hydrogen (secondary N) is 2. The largest absolute Gasteiger partial charge is 0.486 e. The first-order chi connectivity index (χ1) is 13.6. The smallest absolute Gasteiger partial charge is 0.252 e. The zero-order valence-corrected chi connectivity index (χ0v) is 16.3. The van der Waals surface area contributed by atoms with Gasteiger partial charge < -0.3 is 19.8 Å². The fourth-order valence-electron chi connectivity index (χ4n) is 3.18. The minimum atomic E-state index is -0.0976. The van der Waals surface area contributed by atoms with Crippen molar-refractivity contribution in [3.63, 3.8) is 0 Å². The molecule has 2 heterocycles. The molecular weight excluding hydrogens is 376 g/mol. The Labute approximate surface area is 168 Å². The molecule has 2 N–H and O–H groups in total. The highest BCUT2D eigenvalue weighted by molar-refractivity contribution is 6.30. The van der Waals surface area contributed by atoms with Crippen LogP contribution in [0.25, 0.3) is 11.1 Å². The molecule has 6 heteroatoms. The monoisotopic (exact) mass is 396 g/mol. The maximum atomic E-state index is 12.2. The summed E-state index contributed by atoms with van der Waals surface area (Å²) in [6.45, 7) is 3.65. The van der Waals surface area contributed by atoms with Crippen molar-refractivity contribution < 1.29 is 9.47 Å². The molecule has 0 spiro atoms. The van der Waals surface area contributed by atoms with Crippen molar-refractivity contribution >= 4 is 11.6 Å². The van der Waals surface area contributed by atoms with Crippen LogP contribution in [0.15, 0.2) is 59.5 Å². The molecule has 0 saturated heterocycles. The van der Waals surface area contributed by atoms with Crippen molar-refractivity contribution in [2.24, 2.45) is 0 Å². The molecule has 3 aromatic rings. The van der Waals surface area contributed by atoms with Crippen molar-refractivity contribution in [3.05, 3.63) is 81.2 Å². The van der Waals surface area contributed by atoms with Gasteiger partial charge in [0.15, 0.2) is 11.5 Å². The number of benzene rings is 2. The van der Waals surface area contributed by atoms with E-state index in [0.29, 0.717) is 30.3 Å². The van der Waals surface area contributed by atoms with Gasteiger partial charge in [-0.05, 0) is 53.9 Å². The topological polar surface area (TPSA) is 63.4 Å². The molecule has 28 heavy (non-hydrogen) atoms. The lowest BCUT2D eigenvalue weighted by Crippen LogP contribution is -2.24. The van der Waals surface area contributed by atoms with E-state index in [1.165, 1.54) is 0 Å². The van der Waals surface area contributed by atoms with Crippen molar-refractivity contribution in [1.29, 1.82) is 0 Å². The van der Waals surface area contributed by atoms with Gasteiger partial charge in [0.25, 0.3) is 5.56 Å². The molecule has 144 valence electrons. The standard InChI is InChI=1S/C22H21ClN2O3/c1-14(16-4-7-20-21(11-16)28-9-8-27-20)24-13-18-10-17(12-25-22(18)26)15-2-5-19(23)6-3-15/h2-7,10-12,14,24H,8-9,13H2,1H3,(H,25,26). The fraction of sp³-hybridized carbons (Fsp3) is 0.227. The Bertz CT molecular complexity index is 1030. The summed E-state index contributed by atoms with van der Waals surface area (Å²) in [5.41, 5.74) is 3.60. The Morgan fingerprint density at radius 3 is 2.57 bits per heavy atom. The summed E-state index contributed by atoms with van der Waals surface area (Å²) in [5, 5.41) is 4.10. The van der Waals surface area contributed by atoms with Crippen LogP contribution in [-0.2, 0) is 6.54 Å². The summed E-state index contributed by atoms with van der Waals surface area (Å²) < 4.78 is 11.2. The zero-order chi connectivity index (χ0) is 19.5. The number of pyridine rings is 1. The van der Waals surface area contributed by atoms with Gasteiger partial charge in [-0.25, -0.2) is 0 Å². The summed E-state index contributed by atoms with van der Waals surface area (Å²) in [7, 11) is 0. The predicted molar refractivity (Wildman–Crippen MR) is 110 cm³/mol. The number of halogens is 1.